The molecule has 1 fully saturated rings. The van der Waals surface area contributed by atoms with Gasteiger partial charge in [0.25, 0.3) is 0 Å². The number of amides is 2. The molecule has 1 saturated heterocycles. The Morgan fingerprint density at radius 1 is 1.09 bits per heavy atom. The SMILES string of the molecule is CC(C)CCN1C(=O)C(C)(C)COc2cc(NC(=O)C3(c4ccccc4)CCOCC3)ccc21. The molecule has 2 amide bonds. The monoisotopic (exact) mass is 464 g/mol. The van der Waals surface area contributed by atoms with Crippen LogP contribution in [-0.2, 0) is 19.7 Å². The molecule has 4 rings (SSSR count). The highest BCUT2D eigenvalue weighted by molar-refractivity contribution is 6.02. The predicted molar refractivity (Wildman–Crippen MR) is 134 cm³/mol. The second-order valence-corrected chi connectivity index (χ2v) is 10.5. The Bertz CT molecular complexity index is 1030. The summed E-state index contributed by atoms with van der Waals surface area (Å²) in [5.41, 5.74) is 1.18. The highest BCUT2D eigenvalue weighted by Gasteiger charge is 2.42. The van der Waals surface area contributed by atoms with Gasteiger partial charge in [-0.3, -0.25) is 9.59 Å². The number of benzene rings is 2. The topological polar surface area (TPSA) is 67.9 Å². The molecule has 2 aromatic carbocycles. The third-order valence-electron chi connectivity index (χ3n) is 6.96. The molecule has 2 aromatic rings. The first-order valence-corrected chi connectivity index (χ1v) is 12.3. The normalized spacial score (nSPS) is 19.2. The van der Waals surface area contributed by atoms with Crippen LogP contribution in [0.2, 0.25) is 0 Å². The van der Waals surface area contributed by atoms with Crippen LogP contribution in [0.5, 0.6) is 5.75 Å². The van der Waals surface area contributed by atoms with E-state index in [1.807, 2.05) is 67.3 Å². The van der Waals surface area contributed by atoms with Gasteiger partial charge in [0.15, 0.2) is 0 Å². The molecule has 0 unspecified atom stereocenters. The maximum atomic E-state index is 13.7. The van der Waals surface area contributed by atoms with E-state index in [4.69, 9.17) is 9.47 Å². The molecule has 0 aliphatic carbocycles. The highest BCUT2D eigenvalue weighted by atomic mass is 16.5. The number of hydrogen-bond acceptors (Lipinski definition) is 4. The van der Waals surface area contributed by atoms with Gasteiger partial charge in [0.1, 0.15) is 12.4 Å². The van der Waals surface area contributed by atoms with E-state index in [1.54, 1.807) is 0 Å². The summed E-state index contributed by atoms with van der Waals surface area (Å²) in [5, 5.41) is 3.14. The number of hydrogen-bond donors (Lipinski definition) is 1. The molecule has 6 heteroatoms. The van der Waals surface area contributed by atoms with Crippen LogP contribution in [0.1, 0.15) is 52.5 Å². The second-order valence-electron chi connectivity index (χ2n) is 10.5. The molecule has 182 valence electrons. The first kappa shape index (κ1) is 24.3. The maximum Gasteiger partial charge on any atom is 0.236 e. The average Bonchev–Trinajstić information content (AvgIpc) is 2.93. The highest BCUT2D eigenvalue weighted by Crippen LogP contribution is 2.40. The molecule has 34 heavy (non-hydrogen) atoms. The number of fused-ring (bicyclic) bond motifs is 1. The molecule has 0 atom stereocenters. The van der Waals surface area contributed by atoms with Gasteiger partial charge < -0.3 is 19.7 Å². The summed E-state index contributed by atoms with van der Waals surface area (Å²) >= 11 is 0. The van der Waals surface area contributed by atoms with Crippen molar-refractivity contribution in [3.05, 3.63) is 54.1 Å². The zero-order valence-electron chi connectivity index (χ0n) is 20.7. The molecular formula is C28H36N2O4. The number of carbonyl (C=O) groups excluding carboxylic acids is 2. The summed E-state index contributed by atoms with van der Waals surface area (Å²) in [6, 6.07) is 15.6. The molecule has 2 aliphatic heterocycles. The summed E-state index contributed by atoms with van der Waals surface area (Å²) in [7, 11) is 0. The summed E-state index contributed by atoms with van der Waals surface area (Å²) in [4.78, 5) is 28.8. The molecule has 2 heterocycles. The van der Waals surface area contributed by atoms with Crippen molar-refractivity contribution < 1.29 is 19.1 Å². The zero-order chi connectivity index (χ0) is 24.3. The first-order chi connectivity index (χ1) is 16.2. The van der Waals surface area contributed by atoms with Crippen LogP contribution in [0.25, 0.3) is 0 Å². The molecule has 0 radical (unpaired) electrons. The number of carbonyl (C=O) groups is 2. The number of rotatable bonds is 6. The van der Waals surface area contributed by atoms with Crippen molar-refractivity contribution in [3.8, 4) is 5.75 Å². The maximum absolute atomic E-state index is 13.7. The quantitative estimate of drug-likeness (QED) is 0.640. The first-order valence-electron chi connectivity index (χ1n) is 12.3. The zero-order valence-corrected chi connectivity index (χ0v) is 20.7. The van der Waals surface area contributed by atoms with E-state index >= 15 is 0 Å². The van der Waals surface area contributed by atoms with Crippen LogP contribution in [0.3, 0.4) is 0 Å². The van der Waals surface area contributed by atoms with Crippen molar-refractivity contribution in [2.45, 2.75) is 52.4 Å². The van der Waals surface area contributed by atoms with Crippen molar-refractivity contribution in [3.63, 3.8) is 0 Å². The van der Waals surface area contributed by atoms with Crippen molar-refractivity contribution in [1.29, 1.82) is 0 Å². The van der Waals surface area contributed by atoms with Gasteiger partial charge in [-0.15, -0.1) is 0 Å². The van der Waals surface area contributed by atoms with E-state index < -0.39 is 10.8 Å². The van der Waals surface area contributed by atoms with E-state index in [1.165, 1.54) is 0 Å². The minimum atomic E-state index is -0.631. The predicted octanol–water partition coefficient (Wildman–Crippen LogP) is 5.17. The minimum absolute atomic E-state index is 0.0383. The Morgan fingerprint density at radius 3 is 2.47 bits per heavy atom. The van der Waals surface area contributed by atoms with Gasteiger partial charge in [0.2, 0.25) is 11.8 Å². The lowest BCUT2D eigenvalue weighted by Crippen LogP contribution is -2.44. The summed E-state index contributed by atoms with van der Waals surface area (Å²) < 4.78 is 11.7. The molecule has 6 nitrogen and oxygen atoms in total. The number of anilines is 2. The molecule has 0 aromatic heterocycles. The van der Waals surface area contributed by atoms with Crippen molar-refractivity contribution >= 4 is 23.2 Å². The van der Waals surface area contributed by atoms with Crippen molar-refractivity contribution in [2.24, 2.45) is 11.3 Å². The molecule has 1 N–H and O–H groups in total. The Labute approximate surface area is 202 Å². The fourth-order valence-corrected chi connectivity index (χ4v) is 4.71. The van der Waals surface area contributed by atoms with Crippen molar-refractivity contribution in [1.82, 2.24) is 0 Å². The number of ether oxygens (including phenoxy) is 2. The molecule has 2 aliphatic rings. The summed E-state index contributed by atoms with van der Waals surface area (Å²) in [6.07, 6.45) is 2.17. The fourth-order valence-electron chi connectivity index (χ4n) is 4.71. The lowest BCUT2D eigenvalue weighted by molar-refractivity contribution is -0.127. The molecule has 0 spiro atoms. The Hall–Kier alpha value is -2.86. The molecule has 0 saturated carbocycles. The Kier molecular flexibility index (Phi) is 6.99. The summed E-state index contributed by atoms with van der Waals surface area (Å²) in [6.45, 7) is 10.2. The number of nitrogens with one attached hydrogen (secondary N) is 1. The van der Waals surface area contributed by atoms with Gasteiger partial charge in [0.05, 0.1) is 16.5 Å². The molecular weight excluding hydrogens is 428 g/mol. The smallest absolute Gasteiger partial charge is 0.236 e. The standard InChI is InChI=1S/C28H36N2O4/c1-20(2)12-15-30-23-11-10-22(18-24(23)34-19-27(3,4)26(30)32)29-25(31)28(13-16-33-17-14-28)21-8-6-5-7-9-21/h5-11,18,20H,12-17,19H2,1-4H3,(H,29,31). The Balaban J connectivity index is 1.62. The van der Waals surface area contributed by atoms with Gasteiger partial charge in [-0.1, -0.05) is 44.2 Å². The van der Waals surface area contributed by atoms with Crippen LogP contribution < -0.4 is 15.0 Å². The lowest BCUT2D eigenvalue weighted by Gasteiger charge is -2.36. The van der Waals surface area contributed by atoms with E-state index in [0.29, 0.717) is 56.6 Å². The average molecular weight is 465 g/mol. The Morgan fingerprint density at radius 2 is 1.79 bits per heavy atom. The van der Waals surface area contributed by atoms with E-state index in [0.717, 1.165) is 17.7 Å². The fraction of sp³-hybridized carbons (Fsp3) is 0.500. The number of nitrogens with zero attached hydrogens (tertiary/aromatic N) is 1. The largest absolute Gasteiger partial charge is 0.490 e. The van der Waals surface area contributed by atoms with Gasteiger partial charge in [0, 0.05) is 31.5 Å². The van der Waals surface area contributed by atoms with Gasteiger partial charge in [-0.2, -0.15) is 0 Å². The third-order valence-corrected chi connectivity index (χ3v) is 6.96. The minimum Gasteiger partial charge on any atom is -0.490 e. The molecule has 0 bridgehead atoms. The van der Waals surface area contributed by atoms with Crippen LogP contribution in [-0.4, -0.2) is 38.2 Å². The van der Waals surface area contributed by atoms with Crippen molar-refractivity contribution in [2.75, 3.05) is 36.6 Å². The second kappa shape index (κ2) is 9.79. The van der Waals surface area contributed by atoms with E-state index in [-0.39, 0.29) is 11.8 Å². The van der Waals surface area contributed by atoms with Gasteiger partial charge in [-0.05, 0) is 56.7 Å². The van der Waals surface area contributed by atoms with Gasteiger partial charge in [-0.25, -0.2) is 0 Å². The van der Waals surface area contributed by atoms with Crippen LogP contribution in [0.4, 0.5) is 11.4 Å². The lowest BCUT2D eigenvalue weighted by atomic mass is 9.73. The van der Waals surface area contributed by atoms with E-state index in [2.05, 4.69) is 19.2 Å². The third kappa shape index (κ3) is 4.83. The van der Waals surface area contributed by atoms with Crippen LogP contribution >= 0.6 is 0 Å². The van der Waals surface area contributed by atoms with Gasteiger partial charge >= 0.3 is 0 Å². The van der Waals surface area contributed by atoms with E-state index in [9.17, 15) is 9.59 Å². The summed E-state index contributed by atoms with van der Waals surface area (Å²) in [5.74, 6) is 1.13. The van der Waals surface area contributed by atoms with Crippen LogP contribution in [0.15, 0.2) is 48.5 Å². The van der Waals surface area contributed by atoms with Crippen LogP contribution in [0, 0.1) is 11.3 Å².